The molecule has 6 nitrogen and oxygen atoms in total. The molecule has 2 N–H and O–H groups in total. The molecule has 7 heteroatoms. The van der Waals surface area contributed by atoms with Gasteiger partial charge in [0.15, 0.2) is 6.61 Å². The van der Waals surface area contributed by atoms with Gasteiger partial charge in [0.05, 0.1) is 6.42 Å². The van der Waals surface area contributed by atoms with Crippen LogP contribution in [0.5, 0.6) is 0 Å². The van der Waals surface area contributed by atoms with Gasteiger partial charge in [-0.2, -0.15) is 0 Å². The molecule has 2 amide bonds. The Balaban J connectivity index is 1.66. The summed E-state index contributed by atoms with van der Waals surface area (Å²) in [5, 5.41) is 0.509. The van der Waals surface area contributed by atoms with Crippen molar-refractivity contribution in [2.75, 3.05) is 6.61 Å². The number of carbonyl (C=O) groups excluding carboxylic acids is 3. The lowest BCUT2D eigenvalue weighted by Crippen LogP contribution is -2.43. The van der Waals surface area contributed by atoms with Crippen molar-refractivity contribution < 1.29 is 19.1 Å². The quantitative estimate of drug-likeness (QED) is 0.489. The second-order valence-electron chi connectivity index (χ2n) is 5.14. The number of carbonyl (C=O) groups is 3. The molecule has 1 atom stereocenters. The molecule has 1 aliphatic rings. The van der Waals surface area contributed by atoms with Crippen LogP contribution in [-0.4, -0.2) is 24.4 Å². The number of allylic oxidation sites excluding steroid dienone is 2. The number of hydrogen-bond acceptors (Lipinski definition) is 4. The Hall–Kier alpha value is -2.34. The van der Waals surface area contributed by atoms with Crippen molar-refractivity contribution >= 4 is 29.4 Å². The van der Waals surface area contributed by atoms with E-state index in [0.29, 0.717) is 10.6 Å². The number of hydrazine groups is 1. The number of halogens is 1. The standard InChI is InChI=1S/C16H17ClN2O4/c17-13-7-5-12(6-8-13)16(22)19-18-14(20)10-23-15(21)9-11-3-1-2-4-11/h1,3,5-8,11H,2,4,9-10H2,(H,18,20)(H,19,22)/t11-/m1/s1. The zero-order valence-corrected chi connectivity index (χ0v) is 13.1. The van der Waals surface area contributed by atoms with Crippen LogP contribution in [0.1, 0.15) is 29.6 Å². The molecule has 1 aliphatic carbocycles. The molecule has 23 heavy (non-hydrogen) atoms. The largest absolute Gasteiger partial charge is 0.455 e. The number of benzene rings is 1. The highest BCUT2D eigenvalue weighted by Gasteiger charge is 2.16. The molecule has 122 valence electrons. The van der Waals surface area contributed by atoms with Gasteiger partial charge >= 0.3 is 5.97 Å². The topological polar surface area (TPSA) is 84.5 Å². The molecule has 0 radical (unpaired) electrons. The van der Waals surface area contributed by atoms with Gasteiger partial charge in [-0.25, -0.2) is 0 Å². The van der Waals surface area contributed by atoms with Crippen LogP contribution in [0.2, 0.25) is 5.02 Å². The summed E-state index contributed by atoms with van der Waals surface area (Å²) in [5.74, 6) is -1.34. The smallest absolute Gasteiger partial charge is 0.306 e. The molecule has 0 aliphatic heterocycles. The minimum absolute atomic E-state index is 0.190. The van der Waals surface area contributed by atoms with Crippen molar-refractivity contribution in [3.63, 3.8) is 0 Å². The Labute approximate surface area is 138 Å². The number of rotatable bonds is 5. The fraction of sp³-hybridized carbons (Fsp3) is 0.312. The first-order valence-electron chi connectivity index (χ1n) is 7.21. The minimum atomic E-state index is -0.609. The van der Waals surface area contributed by atoms with Gasteiger partial charge in [-0.3, -0.25) is 25.2 Å². The fourth-order valence-electron chi connectivity index (χ4n) is 2.12. The van der Waals surface area contributed by atoms with E-state index in [2.05, 4.69) is 10.9 Å². The van der Waals surface area contributed by atoms with Gasteiger partial charge in [-0.15, -0.1) is 0 Å². The molecule has 1 aromatic carbocycles. The van der Waals surface area contributed by atoms with Gasteiger partial charge in [0.25, 0.3) is 11.8 Å². The molecular weight excluding hydrogens is 320 g/mol. The zero-order chi connectivity index (χ0) is 16.7. The third-order valence-corrected chi connectivity index (χ3v) is 3.58. The molecule has 0 spiro atoms. The number of ether oxygens (including phenoxy) is 1. The molecule has 0 aromatic heterocycles. The molecule has 0 unspecified atom stereocenters. The summed E-state index contributed by atoms with van der Waals surface area (Å²) in [7, 11) is 0. The van der Waals surface area contributed by atoms with E-state index in [1.807, 2.05) is 12.2 Å². The third kappa shape index (κ3) is 5.75. The van der Waals surface area contributed by atoms with E-state index >= 15 is 0 Å². The Morgan fingerprint density at radius 3 is 2.57 bits per heavy atom. The molecule has 1 aromatic rings. The average molecular weight is 337 g/mol. The highest BCUT2D eigenvalue weighted by molar-refractivity contribution is 6.30. The van der Waals surface area contributed by atoms with E-state index in [4.69, 9.17) is 16.3 Å². The summed E-state index contributed by atoms with van der Waals surface area (Å²) in [4.78, 5) is 34.8. The molecule has 0 fully saturated rings. The van der Waals surface area contributed by atoms with Crippen molar-refractivity contribution in [2.45, 2.75) is 19.3 Å². The lowest BCUT2D eigenvalue weighted by Gasteiger charge is -2.09. The Bertz CT molecular complexity index is 613. The first kappa shape index (κ1) is 17.0. The predicted molar refractivity (Wildman–Crippen MR) is 84.5 cm³/mol. The SMILES string of the molecule is O=C(COC(=O)C[C@@H]1C=CCC1)NNC(=O)c1ccc(Cl)cc1. The van der Waals surface area contributed by atoms with E-state index < -0.39 is 24.4 Å². The van der Waals surface area contributed by atoms with E-state index in [0.717, 1.165) is 12.8 Å². The second-order valence-corrected chi connectivity index (χ2v) is 5.58. The maximum absolute atomic E-state index is 11.7. The maximum Gasteiger partial charge on any atom is 0.306 e. The van der Waals surface area contributed by atoms with Crippen LogP contribution in [-0.2, 0) is 14.3 Å². The third-order valence-electron chi connectivity index (χ3n) is 3.33. The molecular formula is C16H17ClN2O4. The summed E-state index contributed by atoms with van der Waals surface area (Å²) in [5.41, 5.74) is 4.76. The maximum atomic E-state index is 11.7. The van der Waals surface area contributed by atoms with Gasteiger partial charge in [0, 0.05) is 10.6 Å². The van der Waals surface area contributed by atoms with Crippen molar-refractivity contribution in [3.05, 3.63) is 47.0 Å². The monoisotopic (exact) mass is 336 g/mol. The molecule has 0 saturated carbocycles. The summed E-state index contributed by atoms with van der Waals surface area (Å²) in [6.45, 7) is -0.434. The summed E-state index contributed by atoms with van der Waals surface area (Å²) >= 11 is 5.72. The number of hydrogen-bond donors (Lipinski definition) is 2. The first-order valence-corrected chi connectivity index (χ1v) is 7.59. The number of nitrogens with one attached hydrogen (secondary N) is 2. The van der Waals surface area contributed by atoms with Gasteiger partial charge in [0.1, 0.15) is 0 Å². The van der Waals surface area contributed by atoms with Crippen LogP contribution in [0, 0.1) is 5.92 Å². The molecule has 0 bridgehead atoms. The van der Waals surface area contributed by atoms with Crippen molar-refractivity contribution in [1.82, 2.24) is 10.9 Å². The summed E-state index contributed by atoms with van der Waals surface area (Å²) < 4.78 is 4.87. The van der Waals surface area contributed by atoms with Crippen molar-refractivity contribution in [1.29, 1.82) is 0 Å². The van der Waals surface area contributed by atoms with E-state index in [9.17, 15) is 14.4 Å². The molecule has 2 rings (SSSR count). The van der Waals surface area contributed by atoms with Gasteiger partial charge < -0.3 is 4.74 Å². The Morgan fingerprint density at radius 1 is 1.17 bits per heavy atom. The van der Waals surface area contributed by atoms with Crippen LogP contribution in [0.4, 0.5) is 0 Å². The van der Waals surface area contributed by atoms with E-state index in [1.54, 1.807) is 12.1 Å². The van der Waals surface area contributed by atoms with Gasteiger partial charge in [-0.1, -0.05) is 23.8 Å². The number of amides is 2. The van der Waals surface area contributed by atoms with Crippen LogP contribution in [0.3, 0.4) is 0 Å². The normalized spacial score (nSPS) is 16.0. The zero-order valence-electron chi connectivity index (χ0n) is 12.4. The molecule has 0 heterocycles. The predicted octanol–water partition coefficient (Wildman–Crippen LogP) is 2.00. The first-order chi connectivity index (χ1) is 11.0. The summed E-state index contributed by atoms with van der Waals surface area (Å²) in [6, 6.07) is 6.19. The van der Waals surface area contributed by atoms with Gasteiger partial charge in [0.2, 0.25) is 0 Å². The van der Waals surface area contributed by atoms with Crippen LogP contribution < -0.4 is 10.9 Å². The second kappa shape index (κ2) is 8.33. The summed E-state index contributed by atoms with van der Waals surface area (Å²) in [6.07, 6.45) is 6.17. The average Bonchev–Trinajstić information content (AvgIpc) is 3.04. The van der Waals surface area contributed by atoms with Crippen LogP contribution in [0.15, 0.2) is 36.4 Å². The van der Waals surface area contributed by atoms with Crippen LogP contribution in [0.25, 0.3) is 0 Å². The fourth-order valence-corrected chi connectivity index (χ4v) is 2.25. The van der Waals surface area contributed by atoms with Crippen molar-refractivity contribution in [3.8, 4) is 0 Å². The highest BCUT2D eigenvalue weighted by atomic mass is 35.5. The Morgan fingerprint density at radius 2 is 1.91 bits per heavy atom. The van der Waals surface area contributed by atoms with Crippen LogP contribution >= 0.6 is 11.6 Å². The minimum Gasteiger partial charge on any atom is -0.455 e. The van der Waals surface area contributed by atoms with E-state index in [1.165, 1.54) is 12.1 Å². The van der Waals surface area contributed by atoms with E-state index in [-0.39, 0.29) is 12.3 Å². The van der Waals surface area contributed by atoms with Crippen molar-refractivity contribution in [2.24, 2.45) is 5.92 Å². The highest BCUT2D eigenvalue weighted by Crippen LogP contribution is 2.20. The van der Waals surface area contributed by atoms with Gasteiger partial charge in [-0.05, 0) is 43.0 Å². The Kier molecular flexibility index (Phi) is 6.17. The number of esters is 1. The molecule has 0 saturated heterocycles. The lowest BCUT2D eigenvalue weighted by molar-refractivity contribution is -0.149. The lowest BCUT2D eigenvalue weighted by atomic mass is 10.1.